The van der Waals surface area contributed by atoms with Crippen LogP contribution in [0.5, 0.6) is 0 Å². The molecule has 0 unspecified atom stereocenters. The average Bonchev–Trinajstić information content (AvgIpc) is 2.08. The van der Waals surface area contributed by atoms with Crippen LogP contribution < -0.4 is 0 Å². The number of rotatable bonds is 0. The first-order valence-corrected chi connectivity index (χ1v) is 2.99. The Bertz CT molecular complexity index is 272. The molecule has 1 aliphatic heterocycles. The lowest BCUT2D eigenvalue weighted by atomic mass is 10.5. The van der Waals surface area contributed by atoms with Gasteiger partial charge in [0.2, 0.25) is 0 Å². The highest BCUT2D eigenvalue weighted by molar-refractivity contribution is 5.98. The summed E-state index contributed by atoms with van der Waals surface area (Å²) in [6, 6.07) is -0.888. The van der Waals surface area contributed by atoms with Crippen LogP contribution in [0, 0.1) is 0 Å². The molecular formula is C5H5N3O4. The highest BCUT2D eigenvalue weighted by atomic mass is 16.5. The van der Waals surface area contributed by atoms with Crippen molar-refractivity contribution in [3.05, 3.63) is 0 Å². The molecule has 0 N–H and O–H groups in total. The van der Waals surface area contributed by atoms with Crippen LogP contribution in [0.15, 0.2) is 10.2 Å². The molecule has 0 radical (unpaired) electrons. The molecule has 0 aromatic rings. The quantitative estimate of drug-likeness (QED) is 0.519. The van der Waals surface area contributed by atoms with Crippen LogP contribution in [0.4, 0.5) is 9.59 Å². The van der Waals surface area contributed by atoms with Gasteiger partial charge in [-0.15, -0.1) is 5.11 Å². The van der Waals surface area contributed by atoms with Gasteiger partial charge in [0.05, 0.1) is 7.11 Å². The molecule has 12 heavy (non-hydrogen) atoms. The third-order valence-electron chi connectivity index (χ3n) is 1.17. The van der Waals surface area contributed by atoms with Crippen molar-refractivity contribution >= 4 is 18.0 Å². The van der Waals surface area contributed by atoms with Crippen LogP contribution in [0.2, 0.25) is 0 Å². The van der Waals surface area contributed by atoms with Crippen molar-refractivity contribution in [1.29, 1.82) is 0 Å². The molecule has 0 aliphatic carbocycles. The average molecular weight is 171 g/mol. The van der Waals surface area contributed by atoms with Crippen LogP contribution in [-0.4, -0.2) is 36.6 Å². The summed E-state index contributed by atoms with van der Waals surface area (Å²) in [7, 11) is 1.10. The summed E-state index contributed by atoms with van der Waals surface area (Å²) >= 11 is 0. The molecule has 64 valence electrons. The normalized spacial score (nSPS) is 16.6. The topological polar surface area (TPSA) is 88.4 Å². The van der Waals surface area contributed by atoms with Gasteiger partial charge in [-0.25, -0.2) is 14.5 Å². The minimum atomic E-state index is -0.910. The third-order valence-corrected chi connectivity index (χ3v) is 1.17. The van der Waals surface area contributed by atoms with Crippen LogP contribution in [0.25, 0.3) is 0 Å². The zero-order chi connectivity index (χ0) is 9.14. The molecule has 4 amide bonds. The fourth-order valence-corrected chi connectivity index (χ4v) is 0.640. The van der Waals surface area contributed by atoms with E-state index in [-0.39, 0.29) is 0 Å². The Morgan fingerprint density at radius 2 is 2.17 bits per heavy atom. The number of imide groups is 1. The molecule has 0 fully saturated rings. The van der Waals surface area contributed by atoms with Gasteiger partial charge in [0.15, 0.2) is 0 Å². The molecule has 1 rings (SSSR count). The monoisotopic (exact) mass is 171 g/mol. The summed E-state index contributed by atoms with van der Waals surface area (Å²) in [6.45, 7) is -0.408. The summed E-state index contributed by atoms with van der Waals surface area (Å²) < 4.78 is 4.22. The van der Waals surface area contributed by atoms with Gasteiger partial charge in [-0.2, -0.15) is 0 Å². The highest BCUT2D eigenvalue weighted by Crippen LogP contribution is 2.03. The summed E-state index contributed by atoms with van der Waals surface area (Å²) in [6.07, 6.45) is -0.910. The molecular weight excluding hydrogens is 166 g/mol. The fraction of sp³-hybridized carbons (Fsp3) is 0.400. The number of hydrogen-bond acceptors (Lipinski definition) is 4. The summed E-state index contributed by atoms with van der Waals surface area (Å²) in [5.41, 5.74) is 0. The molecule has 0 aromatic carbocycles. The summed E-state index contributed by atoms with van der Waals surface area (Å²) in [5, 5.41) is 5.89. The van der Waals surface area contributed by atoms with E-state index in [4.69, 9.17) is 0 Å². The van der Waals surface area contributed by atoms with E-state index < -0.39 is 24.6 Å². The molecule has 0 spiro atoms. The van der Waals surface area contributed by atoms with E-state index in [0.29, 0.717) is 4.90 Å². The Hall–Kier alpha value is -1.79. The summed E-state index contributed by atoms with van der Waals surface area (Å²) in [4.78, 5) is 32.6. The molecule has 0 saturated heterocycles. The highest BCUT2D eigenvalue weighted by Gasteiger charge is 2.28. The van der Waals surface area contributed by atoms with Gasteiger partial charge >= 0.3 is 12.1 Å². The molecule has 1 heterocycles. The third kappa shape index (κ3) is 1.44. The summed E-state index contributed by atoms with van der Waals surface area (Å²) in [5.74, 6) is -0.653. The lowest BCUT2D eigenvalue weighted by molar-refractivity contribution is -0.119. The van der Waals surface area contributed by atoms with Gasteiger partial charge in [0.1, 0.15) is 6.54 Å². The number of ether oxygens (including phenoxy) is 1. The molecule has 7 heteroatoms. The largest absolute Gasteiger partial charge is 0.452 e. The van der Waals surface area contributed by atoms with Gasteiger partial charge < -0.3 is 4.74 Å². The van der Waals surface area contributed by atoms with E-state index in [1.807, 2.05) is 0 Å². The predicted octanol–water partition coefficient (Wildman–Crippen LogP) is 0.167. The number of nitrogens with zero attached hydrogens (tertiary/aromatic N) is 3. The maximum atomic E-state index is 10.8. The molecule has 0 aromatic heterocycles. The minimum Gasteiger partial charge on any atom is -0.452 e. The number of hydrogen-bond donors (Lipinski definition) is 0. The van der Waals surface area contributed by atoms with E-state index in [9.17, 15) is 14.4 Å². The van der Waals surface area contributed by atoms with Gasteiger partial charge in [-0.1, -0.05) is 5.11 Å². The Kier molecular flexibility index (Phi) is 2.13. The van der Waals surface area contributed by atoms with Crippen LogP contribution >= 0.6 is 0 Å². The van der Waals surface area contributed by atoms with Gasteiger partial charge in [0.25, 0.3) is 5.91 Å². The van der Waals surface area contributed by atoms with E-state index in [1.165, 1.54) is 0 Å². The van der Waals surface area contributed by atoms with Crippen molar-refractivity contribution < 1.29 is 19.1 Å². The number of methoxy groups -OCH3 is 1. The lowest BCUT2D eigenvalue weighted by Gasteiger charge is -2.15. The molecule has 0 saturated carbocycles. The van der Waals surface area contributed by atoms with E-state index in [0.717, 1.165) is 7.11 Å². The number of urea groups is 1. The van der Waals surface area contributed by atoms with E-state index in [1.54, 1.807) is 0 Å². The second-order valence-electron chi connectivity index (χ2n) is 1.93. The maximum Gasteiger partial charge on any atom is 0.418 e. The van der Waals surface area contributed by atoms with Crippen LogP contribution in [0.3, 0.4) is 0 Å². The predicted molar refractivity (Wildman–Crippen MR) is 34.4 cm³/mol. The van der Waals surface area contributed by atoms with Gasteiger partial charge in [0, 0.05) is 0 Å². The fourth-order valence-electron chi connectivity index (χ4n) is 0.640. The minimum absolute atomic E-state index is 0.408. The molecule has 7 nitrogen and oxygen atoms in total. The Labute approximate surface area is 67.0 Å². The first-order valence-electron chi connectivity index (χ1n) is 2.99. The second kappa shape index (κ2) is 3.07. The zero-order valence-electron chi connectivity index (χ0n) is 6.18. The first kappa shape index (κ1) is 8.31. The maximum absolute atomic E-state index is 10.8. The Morgan fingerprint density at radius 3 is 2.75 bits per heavy atom. The van der Waals surface area contributed by atoms with E-state index >= 15 is 0 Å². The van der Waals surface area contributed by atoms with E-state index in [2.05, 4.69) is 15.0 Å². The standard InChI is InChI=1S/C5H5N3O4/c1-12-5(11)8-2-3(9)6-7-4(8)10/h2H2,1H3. The number of carbonyl (C=O) groups is 3. The van der Waals surface area contributed by atoms with Crippen molar-refractivity contribution in [3.63, 3.8) is 0 Å². The number of carbonyl (C=O) groups excluding carboxylic acids is 3. The van der Waals surface area contributed by atoms with Crippen molar-refractivity contribution in [1.82, 2.24) is 4.90 Å². The van der Waals surface area contributed by atoms with Gasteiger partial charge in [-0.05, 0) is 0 Å². The van der Waals surface area contributed by atoms with Crippen LogP contribution in [-0.2, 0) is 9.53 Å². The first-order chi connectivity index (χ1) is 5.65. The van der Waals surface area contributed by atoms with Crippen molar-refractivity contribution in [3.8, 4) is 0 Å². The lowest BCUT2D eigenvalue weighted by Crippen LogP contribution is -2.40. The Balaban J connectivity index is 2.79. The second-order valence-corrected chi connectivity index (χ2v) is 1.93. The van der Waals surface area contributed by atoms with Crippen molar-refractivity contribution in [2.45, 2.75) is 0 Å². The van der Waals surface area contributed by atoms with Crippen molar-refractivity contribution in [2.75, 3.05) is 13.7 Å². The number of azo groups is 1. The SMILES string of the molecule is COC(=O)N1CC(=O)N=NC1=O. The zero-order valence-corrected chi connectivity index (χ0v) is 6.18. The van der Waals surface area contributed by atoms with Crippen molar-refractivity contribution in [2.24, 2.45) is 10.2 Å². The van der Waals surface area contributed by atoms with Gasteiger partial charge in [-0.3, -0.25) is 4.79 Å². The smallest absolute Gasteiger partial charge is 0.418 e. The molecule has 0 atom stereocenters. The molecule has 1 aliphatic rings. The Morgan fingerprint density at radius 1 is 1.50 bits per heavy atom. The number of amides is 4. The molecule has 0 bridgehead atoms. The van der Waals surface area contributed by atoms with Crippen LogP contribution in [0.1, 0.15) is 0 Å².